The van der Waals surface area contributed by atoms with Crippen LogP contribution in [0, 0.1) is 20.8 Å². The number of aryl methyl sites for hydroxylation is 2. The molecule has 152 valence electrons. The molecule has 0 amide bonds. The molecule has 0 radical (unpaired) electrons. The van der Waals surface area contributed by atoms with Crippen molar-refractivity contribution in [1.29, 1.82) is 0 Å². The maximum absolute atomic E-state index is 4.24. The van der Waals surface area contributed by atoms with Crippen LogP contribution in [0.3, 0.4) is 0 Å². The molecule has 0 saturated heterocycles. The summed E-state index contributed by atoms with van der Waals surface area (Å²) in [6.45, 7) is 10.7. The highest BCUT2D eigenvalue weighted by molar-refractivity contribution is 5.81. The van der Waals surface area contributed by atoms with Crippen molar-refractivity contribution in [1.82, 2.24) is 4.57 Å². The quantitative estimate of drug-likeness (QED) is 0.500. The van der Waals surface area contributed by atoms with E-state index in [0.29, 0.717) is 0 Å². The minimum atomic E-state index is 0.962. The lowest BCUT2D eigenvalue weighted by molar-refractivity contribution is 0.963. The molecular formula is C27H29N3. The summed E-state index contributed by atoms with van der Waals surface area (Å²) < 4.78 is 2.31. The summed E-state index contributed by atoms with van der Waals surface area (Å²) >= 11 is 0. The topological polar surface area (TPSA) is 11.4 Å². The summed E-state index contributed by atoms with van der Waals surface area (Å²) in [6.07, 6.45) is 8.52. The van der Waals surface area contributed by atoms with E-state index >= 15 is 0 Å². The molecule has 1 aliphatic heterocycles. The van der Waals surface area contributed by atoms with E-state index in [9.17, 15) is 0 Å². The van der Waals surface area contributed by atoms with E-state index in [1.165, 1.54) is 39.5 Å². The van der Waals surface area contributed by atoms with Gasteiger partial charge < -0.3 is 14.4 Å². The smallest absolute Gasteiger partial charge is 0.0529 e. The molecule has 0 N–H and O–H groups in total. The molecule has 0 saturated carbocycles. The molecule has 2 heterocycles. The summed E-state index contributed by atoms with van der Waals surface area (Å²) in [6, 6.07) is 17.4. The van der Waals surface area contributed by atoms with E-state index in [0.717, 1.165) is 11.4 Å². The molecule has 1 aromatic heterocycles. The standard InChI is InChI=1S/C27H29N3/c1-19-7-11-25(12-8-19)30-21(3)17-23(22(30)4)15-16-29-20(2)9-10-24-18-26(28(5)6)13-14-27(24)29/h7-18H,2H2,1,3-6H3/b16-15+. The lowest BCUT2D eigenvalue weighted by Crippen LogP contribution is -2.17. The van der Waals surface area contributed by atoms with Gasteiger partial charge in [-0.15, -0.1) is 0 Å². The van der Waals surface area contributed by atoms with E-state index in [-0.39, 0.29) is 0 Å². The summed E-state index contributed by atoms with van der Waals surface area (Å²) in [5.41, 5.74) is 10.6. The number of rotatable bonds is 4. The first-order chi connectivity index (χ1) is 14.3. The first kappa shape index (κ1) is 19.8. The van der Waals surface area contributed by atoms with Crippen LogP contribution in [0.2, 0.25) is 0 Å². The van der Waals surface area contributed by atoms with E-state index < -0.39 is 0 Å². The van der Waals surface area contributed by atoms with Gasteiger partial charge in [-0.05, 0) is 74.9 Å². The molecule has 4 rings (SSSR count). The molecule has 0 atom stereocenters. The van der Waals surface area contributed by atoms with Gasteiger partial charge >= 0.3 is 0 Å². The first-order valence-electron chi connectivity index (χ1n) is 10.3. The van der Waals surface area contributed by atoms with Crippen LogP contribution in [0.15, 0.2) is 73.1 Å². The number of fused-ring (bicyclic) bond motifs is 1. The average Bonchev–Trinajstić information content (AvgIpc) is 3.01. The zero-order valence-corrected chi connectivity index (χ0v) is 18.5. The van der Waals surface area contributed by atoms with Crippen LogP contribution >= 0.6 is 0 Å². The number of aromatic nitrogens is 1. The van der Waals surface area contributed by atoms with Crippen molar-refractivity contribution in [2.75, 3.05) is 23.9 Å². The molecule has 3 nitrogen and oxygen atoms in total. The van der Waals surface area contributed by atoms with E-state index in [1.807, 2.05) is 0 Å². The molecule has 2 aromatic carbocycles. The number of hydrogen-bond donors (Lipinski definition) is 0. The van der Waals surface area contributed by atoms with Gasteiger partial charge in [0.05, 0.1) is 5.69 Å². The highest BCUT2D eigenvalue weighted by atomic mass is 15.1. The van der Waals surface area contributed by atoms with Crippen molar-refractivity contribution in [3.63, 3.8) is 0 Å². The predicted octanol–water partition coefficient (Wildman–Crippen LogP) is 6.49. The van der Waals surface area contributed by atoms with Crippen LogP contribution < -0.4 is 9.80 Å². The Morgan fingerprint density at radius 1 is 0.900 bits per heavy atom. The monoisotopic (exact) mass is 395 g/mol. The van der Waals surface area contributed by atoms with Gasteiger partial charge in [0, 0.05) is 54.3 Å². The number of nitrogens with zero attached hydrogens (tertiary/aromatic N) is 3. The van der Waals surface area contributed by atoms with Gasteiger partial charge in [0.25, 0.3) is 0 Å². The molecular weight excluding hydrogens is 366 g/mol. The largest absolute Gasteiger partial charge is 0.378 e. The van der Waals surface area contributed by atoms with Crippen LogP contribution in [0.5, 0.6) is 0 Å². The van der Waals surface area contributed by atoms with E-state index in [1.54, 1.807) is 0 Å². The Labute approximate surface area is 179 Å². The maximum Gasteiger partial charge on any atom is 0.0529 e. The minimum absolute atomic E-state index is 0.962. The molecule has 0 unspecified atom stereocenters. The molecule has 0 spiro atoms. The third kappa shape index (κ3) is 3.59. The summed E-state index contributed by atoms with van der Waals surface area (Å²) in [4.78, 5) is 4.28. The second-order valence-corrected chi connectivity index (χ2v) is 8.15. The Kier molecular flexibility index (Phi) is 5.13. The van der Waals surface area contributed by atoms with Gasteiger partial charge in [0.1, 0.15) is 0 Å². The molecule has 3 aromatic rings. The maximum atomic E-state index is 4.24. The third-order valence-corrected chi connectivity index (χ3v) is 5.72. The van der Waals surface area contributed by atoms with Crippen molar-refractivity contribution in [2.45, 2.75) is 20.8 Å². The van der Waals surface area contributed by atoms with Gasteiger partial charge in [-0.2, -0.15) is 0 Å². The second-order valence-electron chi connectivity index (χ2n) is 8.15. The van der Waals surface area contributed by atoms with Crippen LogP contribution in [0.1, 0.15) is 28.1 Å². The lowest BCUT2D eigenvalue weighted by Gasteiger charge is -2.27. The molecule has 0 aliphatic carbocycles. The van der Waals surface area contributed by atoms with Crippen LogP contribution in [-0.4, -0.2) is 18.7 Å². The first-order valence-corrected chi connectivity index (χ1v) is 10.3. The van der Waals surface area contributed by atoms with Gasteiger partial charge in [0.2, 0.25) is 0 Å². The highest BCUT2D eigenvalue weighted by Gasteiger charge is 2.16. The van der Waals surface area contributed by atoms with Crippen molar-refractivity contribution in [3.05, 3.63) is 101 Å². The van der Waals surface area contributed by atoms with Gasteiger partial charge in [-0.1, -0.05) is 30.4 Å². The van der Waals surface area contributed by atoms with Gasteiger partial charge in [-0.25, -0.2) is 0 Å². The summed E-state index contributed by atoms with van der Waals surface area (Å²) in [5.74, 6) is 0. The minimum Gasteiger partial charge on any atom is -0.378 e. The number of anilines is 2. The van der Waals surface area contributed by atoms with Crippen molar-refractivity contribution < 1.29 is 0 Å². The van der Waals surface area contributed by atoms with Gasteiger partial charge in [-0.3, -0.25) is 0 Å². The Morgan fingerprint density at radius 2 is 1.63 bits per heavy atom. The van der Waals surface area contributed by atoms with E-state index in [2.05, 4.69) is 129 Å². The Balaban J connectivity index is 1.68. The molecule has 0 fully saturated rings. The van der Waals surface area contributed by atoms with Crippen molar-refractivity contribution in [3.8, 4) is 5.69 Å². The van der Waals surface area contributed by atoms with Crippen LogP contribution in [-0.2, 0) is 0 Å². The summed E-state index contributed by atoms with van der Waals surface area (Å²) in [7, 11) is 4.13. The predicted molar refractivity (Wildman–Crippen MR) is 130 cm³/mol. The summed E-state index contributed by atoms with van der Waals surface area (Å²) in [5, 5.41) is 0. The highest BCUT2D eigenvalue weighted by Crippen LogP contribution is 2.34. The molecule has 0 bridgehead atoms. The molecule has 30 heavy (non-hydrogen) atoms. The lowest BCUT2D eigenvalue weighted by atomic mass is 10.1. The number of hydrogen-bond acceptors (Lipinski definition) is 2. The number of allylic oxidation sites excluding steroid dienone is 1. The average molecular weight is 396 g/mol. The van der Waals surface area contributed by atoms with Crippen LogP contribution in [0.4, 0.5) is 11.4 Å². The second kappa shape index (κ2) is 7.75. The normalized spacial score (nSPS) is 13.2. The zero-order valence-electron chi connectivity index (χ0n) is 18.5. The SMILES string of the molecule is C=C1C=Cc2cc(N(C)C)ccc2N1/C=C/c1cc(C)n(-c2ccc(C)cc2)c1C. The molecule has 3 heteroatoms. The molecule has 1 aliphatic rings. The zero-order chi connectivity index (χ0) is 21.4. The fourth-order valence-corrected chi connectivity index (χ4v) is 3.97. The van der Waals surface area contributed by atoms with Crippen molar-refractivity contribution in [2.24, 2.45) is 0 Å². The Morgan fingerprint density at radius 3 is 2.33 bits per heavy atom. The van der Waals surface area contributed by atoms with Crippen LogP contribution in [0.25, 0.3) is 17.8 Å². The van der Waals surface area contributed by atoms with Gasteiger partial charge in [0.15, 0.2) is 0 Å². The Bertz CT molecular complexity index is 1160. The third-order valence-electron chi connectivity index (χ3n) is 5.72. The van der Waals surface area contributed by atoms with Crippen molar-refractivity contribution >= 4 is 23.5 Å². The number of benzene rings is 2. The fourth-order valence-electron chi connectivity index (χ4n) is 3.97. The fraction of sp³-hybridized carbons (Fsp3) is 0.185. The Hall–Kier alpha value is -3.46. The van der Waals surface area contributed by atoms with E-state index in [4.69, 9.17) is 0 Å².